The molecular weight excluding hydrogens is 483 g/mol. The fourth-order valence-corrected chi connectivity index (χ4v) is 2.76. The van der Waals surface area contributed by atoms with Gasteiger partial charge in [0.05, 0.1) is 6.61 Å². The summed E-state index contributed by atoms with van der Waals surface area (Å²) in [6.45, 7) is 15.4. The van der Waals surface area contributed by atoms with Gasteiger partial charge in [0.15, 0.2) is 17.8 Å². The van der Waals surface area contributed by atoms with Crippen molar-refractivity contribution in [3.8, 4) is 28.4 Å². The largest absolute Gasteiger partial charge is 0.487 e. The van der Waals surface area contributed by atoms with E-state index in [0.717, 1.165) is 6.07 Å². The molecule has 0 aliphatic rings. The normalized spacial score (nSPS) is 11.3. The predicted octanol–water partition coefficient (Wildman–Crippen LogP) is 4.76. The molecule has 0 heterocycles. The van der Waals surface area contributed by atoms with Crippen LogP contribution in [0.2, 0.25) is 0 Å². The second-order valence-corrected chi connectivity index (χ2v) is 8.16. The monoisotopic (exact) mass is 514 g/mol. The molecule has 0 radical (unpaired) electrons. The van der Waals surface area contributed by atoms with Crippen molar-refractivity contribution in [3.05, 3.63) is 78.7 Å². The van der Waals surface area contributed by atoms with Crippen molar-refractivity contribution >= 4 is 11.9 Å². The van der Waals surface area contributed by atoms with Crippen molar-refractivity contribution in [2.45, 2.75) is 27.1 Å². The molecule has 2 aromatic rings. The summed E-state index contributed by atoms with van der Waals surface area (Å²) in [5, 5.41) is 9.71. The third kappa shape index (κ3) is 9.21. The van der Waals surface area contributed by atoms with Gasteiger partial charge in [-0.15, -0.1) is 0 Å². The molecule has 1 atom stereocenters. The van der Waals surface area contributed by atoms with Crippen LogP contribution in [0.4, 0.5) is 4.39 Å². The van der Waals surface area contributed by atoms with E-state index in [9.17, 15) is 19.1 Å². The first kappa shape index (κ1) is 29.3. The Morgan fingerprint density at radius 3 is 2.14 bits per heavy atom. The van der Waals surface area contributed by atoms with Gasteiger partial charge in [0, 0.05) is 22.8 Å². The third-order valence-electron chi connectivity index (χ3n) is 4.71. The van der Waals surface area contributed by atoms with Gasteiger partial charge in [-0.2, -0.15) is 0 Å². The Kier molecular flexibility index (Phi) is 11.0. The number of aliphatic hydroxyl groups excluding tert-OH is 1. The van der Waals surface area contributed by atoms with Crippen LogP contribution < -0.4 is 14.2 Å². The Morgan fingerprint density at radius 1 is 0.865 bits per heavy atom. The highest BCUT2D eigenvalue weighted by Gasteiger charge is 2.14. The van der Waals surface area contributed by atoms with Crippen molar-refractivity contribution in [1.29, 1.82) is 0 Å². The minimum Gasteiger partial charge on any atom is -0.487 e. The standard InChI is InChI=1S/C28H31FO8/c1-17(2)26(30)35-13-11-33-24-10-7-20(15-25(24)34-12-14-36-27(31)18(3)4)22-9-8-21(16-23(22)29)37-28(32)19(5)6/h7-10,15-16,27,31H,1,3,5,11-14H2,2,4,6H3. The molecule has 0 saturated heterocycles. The van der Waals surface area contributed by atoms with Gasteiger partial charge in [-0.3, -0.25) is 0 Å². The topological polar surface area (TPSA) is 101 Å². The Balaban J connectivity index is 2.20. The smallest absolute Gasteiger partial charge is 0.338 e. The van der Waals surface area contributed by atoms with Crippen LogP contribution >= 0.6 is 0 Å². The van der Waals surface area contributed by atoms with Gasteiger partial charge < -0.3 is 28.8 Å². The van der Waals surface area contributed by atoms with Gasteiger partial charge in [-0.25, -0.2) is 14.0 Å². The number of ether oxygens (including phenoxy) is 5. The lowest BCUT2D eigenvalue weighted by atomic mass is 10.0. The average Bonchev–Trinajstić information content (AvgIpc) is 2.84. The lowest BCUT2D eigenvalue weighted by Crippen LogP contribution is -2.17. The van der Waals surface area contributed by atoms with Crippen molar-refractivity contribution in [1.82, 2.24) is 0 Å². The number of carbonyl (C=O) groups excluding carboxylic acids is 2. The van der Waals surface area contributed by atoms with E-state index in [0.29, 0.717) is 16.9 Å². The van der Waals surface area contributed by atoms with E-state index in [1.54, 1.807) is 25.1 Å². The summed E-state index contributed by atoms with van der Waals surface area (Å²) in [4.78, 5) is 23.2. The quantitative estimate of drug-likeness (QED) is 0.0962. The molecule has 198 valence electrons. The van der Waals surface area contributed by atoms with E-state index < -0.39 is 24.0 Å². The zero-order valence-electron chi connectivity index (χ0n) is 21.2. The van der Waals surface area contributed by atoms with E-state index in [4.69, 9.17) is 23.7 Å². The number of esters is 2. The van der Waals surface area contributed by atoms with Gasteiger partial charge in [0.2, 0.25) is 0 Å². The third-order valence-corrected chi connectivity index (χ3v) is 4.71. The molecule has 0 saturated carbocycles. The molecule has 2 rings (SSSR count). The van der Waals surface area contributed by atoms with Gasteiger partial charge in [-0.05, 0) is 56.2 Å². The van der Waals surface area contributed by atoms with Crippen LogP contribution in [-0.4, -0.2) is 49.8 Å². The van der Waals surface area contributed by atoms with Crippen LogP contribution in [0, 0.1) is 5.82 Å². The van der Waals surface area contributed by atoms with E-state index >= 15 is 0 Å². The average molecular weight is 515 g/mol. The van der Waals surface area contributed by atoms with Crippen LogP contribution in [0.3, 0.4) is 0 Å². The molecule has 1 unspecified atom stereocenters. The molecule has 37 heavy (non-hydrogen) atoms. The lowest BCUT2D eigenvalue weighted by Gasteiger charge is -2.16. The van der Waals surface area contributed by atoms with Crippen LogP contribution in [0.25, 0.3) is 11.1 Å². The molecule has 0 aliphatic heterocycles. The fraction of sp³-hybridized carbons (Fsp3) is 0.286. The molecule has 0 fully saturated rings. The summed E-state index contributed by atoms with van der Waals surface area (Å²) in [7, 11) is 0. The summed E-state index contributed by atoms with van der Waals surface area (Å²) < 4.78 is 41.7. The summed E-state index contributed by atoms with van der Waals surface area (Å²) in [6, 6.07) is 8.82. The fourth-order valence-electron chi connectivity index (χ4n) is 2.76. The van der Waals surface area contributed by atoms with Crippen molar-refractivity contribution in [2.75, 3.05) is 26.4 Å². The second-order valence-electron chi connectivity index (χ2n) is 8.16. The molecule has 0 bridgehead atoms. The summed E-state index contributed by atoms with van der Waals surface area (Å²) >= 11 is 0. The number of aliphatic hydroxyl groups is 1. The predicted molar refractivity (Wildman–Crippen MR) is 136 cm³/mol. The number of hydrogen-bond donors (Lipinski definition) is 1. The molecule has 1 N–H and O–H groups in total. The molecule has 0 aromatic heterocycles. The molecule has 9 heteroatoms. The Labute approximate surface area is 215 Å². The zero-order chi connectivity index (χ0) is 27.5. The first-order chi connectivity index (χ1) is 17.5. The Morgan fingerprint density at radius 2 is 1.51 bits per heavy atom. The van der Waals surface area contributed by atoms with Crippen LogP contribution in [-0.2, 0) is 19.1 Å². The molecular formula is C28H31FO8. The minimum atomic E-state index is -1.12. The van der Waals surface area contributed by atoms with Gasteiger partial charge in [0.1, 0.15) is 31.4 Å². The van der Waals surface area contributed by atoms with Gasteiger partial charge in [0.25, 0.3) is 0 Å². The van der Waals surface area contributed by atoms with Crippen LogP contribution in [0.5, 0.6) is 17.2 Å². The summed E-state index contributed by atoms with van der Waals surface area (Å²) in [6.07, 6.45) is -1.12. The SMILES string of the molecule is C=C(C)C(=O)OCCOc1ccc(-c2ccc(OC(=O)C(=C)C)cc2F)cc1OCCOC(O)C(=C)C. The van der Waals surface area contributed by atoms with E-state index in [1.165, 1.54) is 26.0 Å². The molecule has 0 aliphatic carbocycles. The zero-order valence-corrected chi connectivity index (χ0v) is 21.2. The van der Waals surface area contributed by atoms with E-state index in [-0.39, 0.29) is 54.6 Å². The van der Waals surface area contributed by atoms with Crippen LogP contribution in [0.15, 0.2) is 72.9 Å². The second kappa shape index (κ2) is 14.0. The van der Waals surface area contributed by atoms with Gasteiger partial charge in [-0.1, -0.05) is 25.8 Å². The lowest BCUT2D eigenvalue weighted by molar-refractivity contribution is -0.139. The van der Waals surface area contributed by atoms with Crippen molar-refractivity contribution in [2.24, 2.45) is 0 Å². The first-order valence-corrected chi connectivity index (χ1v) is 11.3. The number of carbonyl (C=O) groups is 2. The van der Waals surface area contributed by atoms with Crippen molar-refractivity contribution in [3.63, 3.8) is 0 Å². The van der Waals surface area contributed by atoms with E-state index in [2.05, 4.69) is 19.7 Å². The van der Waals surface area contributed by atoms with E-state index in [1.807, 2.05) is 0 Å². The van der Waals surface area contributed by atoms with Crippen LogP contribution in [0.1, 0.15) is 20.8 Å². The summed E-state index contributed by atoms with van der Waals surface area (Å²) in [5.74, 6) is -1.17. The maximum absolute atomic E-state index is 14.9. The number of benzene rings is 2. The first-order valence-electron chi connectivity index (χ1n) is 11.3. The minimum absolute atomic E-state index is 0.0141. The molecule has 8 nitrogen and oxygen atoms in total. The maximum Gasteiger partial charge on any atom is 0.338 e. The molecule has 0 amide bonds. The Hall–Kier alpha value is -3.95. The number of rotatable bonds is 14. The number of halogens is 1. The highest BCUT2D eigenvalue weighted by molar-refractivity contribution is 5.89. The summed E-state index contributed by atoms with van der Waals surface area (Å²) in [5.41, 5.74) is 1.61. The highest BCUT2D eigenvalue weighted by Crippen LogP contribution is 2.35. The highest BCUT2D eigenvalue weighted by atomic mass is 19.1. The maximum atomic E-state index is 14.9. The Bertz CT molecular complexity index is 1170. The molecule has 2 aromatic carbocycles. The number of hydrogen-bond acceptors (Lipinski definition) is 8. The molecule has 0 spiro atoms. The van der Waals surface area contributed by atoms with Crippen molar-refractivity contribution < 1.29 is 42.8 Å². The van der Waals surface area contributed by atoms with Gasteiger partial charge >= 0.3 is 11.9 Å².